The van der Waals surface area contributed by atoms with Crippen LogP contribution in [0.15, 0.2) is 0 Å². The van der Waals surface area contributed by atoms with Gasteiger partial charge in [-0.15, -0.1) is 5.10 Å². The van der Waals surface area contributed by atoms with E-state index in [1.165, 1.54) is 12.8 Å². The van der Waals surface area contributed by atoms with Crippen LogP contribution >= 0.6 is 0 Å². The van der Waals surface area contributed by atoms with Crippen molar-refractivity contribution in [2.24, 2.45) is 0 Å². The minimum Gasteiger partial charge on any atom is -0.388 e. The summed E-state index contributed by atoms with van der Waals surface area (Å²) in [6.45, 7) is 4.65. The van der Waals surface area contributed by atoms with Crippen molar-refractivity contribution in [2.75, 3.05) is 11.9 Å². The largest absolute Gasteiger partial charge is 0.388 e. The molecule has 1 fully saturated rings. The van der Waals surface area contributed by atoms with Gasteiger partial charge in [-0.25, -0.2) is 4.98 Å². The first kappa shape index (κ1) is 15.2. The minimum atomic E-state index is -0.615. The monoisotopic (exact) mass is 278 g/mol. The lowest BCUT2D eigenvalue weighted by molar-refractivity contribution is 0.0379. The maximum atomic E-state index is 10.6. The Labute approximate surface area is 121 Å². The summed E-state index contributed by atoms with van der Waals surface area (Å²) in [5.74, 6) is 0.539. The maximum Gasteiger partial charge on any atom is 0.243 e. The van der Waals surface area contributed by atoms with Gasteiger partial charge in [0.05, 0.1) is 17.0 Å². The van der Waals surface area contributed by atoms with Gasteiger partial charge in [0.25, 0.3) is 0 Å². The number of nitrogens with one attached hydrogen (secondary N) is 1. The van der Waals surface area contributed by atoms with Gasteiger partial charge in [-0.1, -0.05) is 39.5 Å². The summed E-state index contributed by atoms with van der Waals surface area (Å²) in [6, 6.07) is 0. The lowest BCUT2D eigenvalue weighted by Crippen LogP contribution is -2.36. The molecule has 2 N–H and O–H groups in total. The van der Waals surface area contributed by atoms with Crippen molar-refractivity contribution in [3.8, 4) is 0 Å². The fourth-order valence-electron chi connectivity index (χ4n) is 2.82. The first-order valence-corrected chi connectivity index (χ1v) is 7.85. The molecule has 1 aromatic heterocycles. The average molecular weight is 278 g/mol. The van der Waals surface area contributed by atoms with Crippen LogP contribution in [0.25, 0.3) is 0 Å². The summed E-state index contributed by atoms with van der Waals surface area (Å²) >= 11 is 0. The summed E-state index contributed by atoms with van der Waals surface area (Å²) in [5.41, 5.74) is 1.35. The SMILES string of the molecule is CCc1nnc(NCC2(O)CCCCCC2)nc1CC. The first-order valence-electron chi connectivity index (χ1n) is 7.85. The van der Waals surface area contributed by atoms with Crippen LogP contribution in [-0.2, 0) is 12.8 Å². The molecule has 0 aromatic carbocycles. The molecule has 0 saturated heterocycles. The van der Waals surface area contributed by atoms with Gasteiger partial charge in [0.15, 0.2) is 0 Å². The second-order valence-corrected chi connectivity index (χ2v) is 5.73. The van der Waals surface area contributed by atoms with Crippen LogP contribution in [0.5, 0.6) is 0 Å². The van der Waals surface area contributed by atoms with Crippen LogP contribution in [0.1, 0.15) is 63.8 Å². The van der Waals surface area contributed by atoms with Gasteiger partial charge in [0.1, 0.15) is 0 Å². The number of aryl methyl sites for hydroxylation is 2. The molecule has 2 rings (SSSR count). The molecule has 0 radical (unpaired) electrons. The molecule has 20 heavy (non-hydrogen) atoms. The van der Waals surface area contributed by atoms with Crippen molar-refractivity contribution < 1.29 is 5.11 Å². The van der Waals surface area contributed by atoms with Crippen LogP contribution in [0, 0.1) is 0 Å². The van der Waals surface area contributed by atoms with E-state index >= 15 is 0 Å². The summed E-state index contributed by atoms with van der Waals surface area (Å²) in [4.78, 5) is 4.51. The number of hydrogen-bond acceptors (Lipinski definition) is 5. The lowest BCUT2D eigenvalue weighted by Gasteiger charge is -2.26. The molecular formula is C15H26N4O. The van der Waals surface area contributed by atoms with Crippen molar-refractivity contribution >= 4 is 5.95 Å². The number of hydrogen-bond donors (Lipinski definition) is 2. The Morgan fingerprint density at radius 3 is 2.25 bits per heavy atom. The Morgan fingerprint density at radius 1 is 1.00 bits per heavy atom. The van der Waals surface area contributed by atoms with E-state index in [1.807, 2.05) is 0 Å². The Kier molecular flexibility index (Phi) is 5.29. The van der Waals surface area contributed by atoms with E-state index in [4.69, 9.17) is 0 Å². The van der Waals surface area contributed by atoms with Gasteiger partial charge in [0, 0.05) is 6.54 Å². The molecule has 1 aliphatic carbocycles. The molecule has 0 amide bonds. The molecule has 0 atom stereocenters. The normalized spacial score (nSPS) is 18.6. The van der Waals surface area contributed by atoms with Gasteiger partial charge in [-0.05, 0) is 25.7 Å². The summed E-state index contributed by atoms with van der Waals surface area (Å²) < 4.78 is 0. The molecule has 0 spiro atoms. The zero-order valence-corrected chi connectivity index (χ0v) is 12.7. The predicted molar refractivity (Wildman–Crippen MR) is 79.7 cm³/mol. The molecule has 0 aliphatic heterocycles. The quantitative estimate of drug-likeness (QED) is 0.810. The number of rotatable bonds is 5. The van der Waals surface area contributed by atoms with Crippen molar-refractivity contribution in [3.05, 3.63) is 11.4 Å². The number of aliphatic hydroxyl groups is 1. The molecule has 0 bridgehead atoms. The van der Waals surface area contributed by atoms with E-state index in [0.717, 1.165) is 49.9 Å². The third-order valence-electron chi connectivity index (χ3n) is 4.12. The second-order valence-electron chi connectivity index (χ2n) is 5.73. The molecule has 1 heterocycles. The first-order chi connectivity index (χ1) is 9.67. The van der Waals surface area contributed by atoms with Crippen LogP contribution in [0.3, 0.4) is 0 Å². The fourth-order valence-corrected chi connectivity index (χ4v) is 2.82. The summed E-state index contributed by atoms with van der Waals surface area (Å²) in [7, 11) is 0. The Balaban J connectivity index is 1.99. The van der Waals surface area contributed by atoms with E-state index in [9.17, 15) is 5.11 Å². The molecule has 1 aromatic rings. The standard InChI is InChI=1S/C15H26N4O/c1-3-12-13(4-2)18-19-14(17-12)16-11-15(20)9-7-5-6-8-10-15/h20H,3-11H2,1-2H3,(H,16,17,19). The molecule has 5 heteroatoms. The molecule has 5 nitrogen and oxygen atoms in total. The highest BCUT2D eigenvalue weighted by Crippen LogP contribution is 2.27. The summed E-state index contributed by atoms with van der Waals surface area (Å²) in [5, 5.41) is 22.1. The van der Waals surface area contributed by atoms with E-state index in [1.54, 1.807) is 0 Å². The van der Waals surface area contributed by atoms with Crippen LogP contribution in [-0.4, -0.2) is 32.4 Å². The molecular weight excluding hydrogens is 252 g/mol. The number of nitrogens with zero attached hydrogens (tertiary/aromatic N) is 3. The molecule has 112 valence electrons. The van der Waals surface area contributed by atoms with Crippen molar-refractivity contribution in [1.29, 1.82) is 0 Å². The van der Waals surface area contributed by atoms with E-state index in [-0.39, 0.29) is 0 Å². The number of aromatic nitrogens is 3. The molecule has 1 aliphatic rings. The Bertz CT molecular complexity index is 428. The van der Waals surface area contributed by atoms with Gasteiger partial charge < -0.3 is 10.4 Å². The van der Waals surface area contributed by atoms with Crippen molar-refractivity contribution in [2.45, 2.75) is 70.8 Å². The van der Waals surface area contributed by atoms with Crippen LogP contribution in [0.2, 0.25) is 0 Å². The van der Waals surface area contributed by atoms with E-state index < -0.39 is 5.60 Å². The zero-order chi connectivity index (χ0) is 14.4. The van der Waals surface area contributed by atoms with Gasteiger partial charge in [-0.3, -0.25) is 0 Å². The lowest BCUT2D eigenvalue weighted by atomic mass is 9.95. The predicted octanol–water partition coefficient (Wildman–Crippen LogP) is 2.49. The smallest absolute Gasteiger partial charge is 0.243 e. The number of anilines is 1. The molecule has 0 unspecified atom stereocenters. The van der Waals surface area contributed by atoms with E-state index in [0.29, 0.717) is 12.5 Å². The second kappa shape index (κ2) is 6.97. The Hall–Kier alpha value is -1.23. The highest BCUT2D eigenvalue weighted by atomic mass is 16.3. The third-order valence-corrected chi connectivity index (χ3v) is 4.12. The maximum absolute atomic E-state index is 10.6. The van der Waals surface area contributed by atoms with Crippen LogP contribution in [0.4, 0.5) is 5.95 Å². The fraction of sp³-hybridized carbons (Fsp3) is 0.800. The highest BCUT2D eigenvalue weighted by Gasteiger charge is 2.28. The third kappa shape index (κ3) is 3.88. The highest BCUT2D eigenvalue weighted by molar-refractivity contribution is 5.26. The molecule has 1 saturated carbocycles. The Morgan fingerprint density at radius 2 is 1.65 bits per heavy atom. The minimum absolute atomic E-state index is 0.517. The van der Waals surface area contributed by atoms with Gasteiger partial charge in [-0.2, -0.15) is 5.10 Å². The summed E-state index contributed by atoms with van der Waals surface area (Å²) in [6.07, 6.45) is 8.10. The van der Waals surface area contributed by atoms with Crippen LogP contribution < -0.4 is 5.32 Å². The zero-order valence-electron chi connectivity index (χ0n) is 12.7. The topological polar surface area (TPSA) is 70.9 Å². The van der Waals surface area contributed by atoms with E-state index in [2.05, 4.69) is 34.3 Å². The average Bonchev–Trinajstić information content (AvgIpc) is 2.70. The van der Waals surface area contributed by atoms with Gasteiger partial charge >= 0.3 is 0 Å². The van der Waals surface area contributed by atoms with Gasteiger partial charge in [0.2, 0.25) is 5.95 Å². The van der Waals surface area contributed by atoms with Crippen molar-refractivity contribution in [1.82, 2.24) is 15.2 Å². The van der Waals surface area contributed by atoms with Crippen molar-refractivity contribution in [3.63, 3.8) is 0 Å².